The Labute approximate surface area is 380 Å². The molecule has 6 aromatic carbocycles. The van der Waals surface area contributed by atoms with Crippen molar-refractivity contribution in [3.8, 4) is 34.5 Å². The van der Waals surface area contributed by atoms with E-state index in [4.69, 9.17) is 11.1 Å². The number of anilines is 4. The maximum absolute atomic E-state index is 9.86. The lowest BCUT2D eigenvalue weighted by Gasteiger charge is -2.29. The van der Waals surface area contributed by atoms with Crippen LogP contribution < -0.4 is 14.5 Å². The predicted octanol–water partition coefficient (Wildman–Crippen LogP) is 15.8. The summed E-state index contributed by atoms with van der Waals surface area (Å²) in [6.07, 6.45) is 1.90. The van der Waals surface area contributed by atoms with Crippen LogP contribution in [0.1, 0.15) is 111 Å². The standard InChI is InChI=1S/C58H59N5O/c1-37(2)47-22-19-38(35-59)27-49(47)39-20-24-51-50(28-39)48-23-21-46(34-54(48)63(51)55-32-40(25-26-60-55)56(3,4)5)64-45-16-14-15-43(33-45)61-36-62(53-18-13-12-17-52(53)61)44-30-41(57(6,7)8)29-42(31-44)58(9,10)11/h12-34,37H,36H2,1-11H3/i37D. The summed E-state index contributed by atoms with van der Waals surface area (Å²) in [5, 5.41) is 12.0. The number of nitriles is 1. The largest absolute Gasteiger partial charge is 0.457 e. The van der Waals surface area contributed by atoms with Gasteiger partial charge in [-0.1, -0.05) is 113 Å². The number of ether oxygens (including phenoxy) is 1. The van der Waals surface area contributed by atoms with E-state index in [1.807, 2.05) is 44.3 Å². The second kappa shape index (κ2) is 15.7. The Morgan fingerprint density at radius 2 is 1.28 bits per heavy atom. The molecule has 9 rings (SSSR count). The monoisotopic (exact) mass is 842 g/mol. The first-order chi connectivity index (χ1) is 30.7. The topological polar surface area (TPSA) is 57.3 Å². The van der Waals surface area contributed by atoms with Crippen LogP contribution >= 0.6 is 0 Å². The number of hydrogen-bond acceptors (Lipinski definition) is 5. The van der Waals surface area contributed by atoms with E-state index in [-0.39, 0.29) is 16.2 Å². The second-order valence-corrected chi connectivity index (χ2v) is 20.6. The quantitative estimate of drug-likeness (QED) is 0.160. The van der Waals surface area contributed by atoms with Gasteiger partial charge in [0.25, 0.3) is 0 Å². The Kier molecular flexibility index (Phi) is 10.1. The van der Waals surface area contributed by atoms with Crippen molar-refractivity contribution in [2.75, 3.05) is 16.5 Å². The van der Waals surface area contributed by atoms with Gasteiger partial charge in [0.1, 0.15) is 24.0 Å². The maximum Gasteiger partial charge on any atom is 0.137 e. The van der Waals surface area contributed by atoms with E-state index >= 15 is 0 Å². The molecule has 1 aliphatic rings. The molecule has 0 N–H and O–H groups in total. The van der Waals surface area contributed by atoms with Crippen LogP contribution in [0.25, 0.3) is 38.8 Å². The van der Waals surface area contributed by atoms with Crippen LogP contribution in [-0.2, 0) is 16.2 Å². The zero-order valence-electron chi connectivity index (χ0n) is 40.1. The fourth-order valence-electron chi connectivity index (χ4n) is 8.91. The number of para-hydroxylation sites is 2. The van der Waals surface area contributed by atoms with Crippen molar-refractivity contribution in [1.82, 2.24) is 9.55 Å². The van der Waals surface area contributed by atoms with Crippen molar-refractivity contribution in [1.29, 1.82) is 5.26 Å². The normalized spacial score (nSPS) is 13.6. The van der Waals surface area contributed by atoms with Gasteiger partial charge < -0.3 is 14.5 Å². The Hall–Kier alpha value is -6.84. The molecule has 3 heterocycles. The molecular formula is C58H59N5O. The lowest BCUT2D eigenvalue weighted by atomic mass is 9.80. The molecule has 0 radical (unpaired) electrons. The molecule has 64 heavy (non-hydrogen) atoms. The van der Waals surface area contributed by atoms with Crippen molar-refractivity contribution in [3.05, 3.63) is 167 Å². The zero-order valence-corrected chi connectivity index (χ0v) is 39.1. The molecule has 6 nitrogen and oxygen atoms in total. The molecule has 0 fully saturated rings. The average Bonchev–Trinajstić information content (AvgIpc) is 3.81. The summed E-state index contributed by atoms with van der Waals surface area (Å²) in [7, 11) is 0. The summed E-state index contributed by atoms with van der Waals surface area (Å²) < 4.78 is 18.0. The first-order valence-electron chi connectivity index (χ1n) is 22.9. The van der Waals surface area contributed by atoms with Gasteiger partial charge >= 0.3 is 0 Å². The Morgan fingerprint density at radius 1 is 0.609 bits per heavy atom. The predicted molar refractivity (Wildman–Crippen MR) is 267 cm³/mol. The molecule has 0 spiro atoms. The molecule has 8 aromatic rings. The highest BCUT2D eigenvalue weighted by Gasteiger charge is 2.30. The molecule has 1 aliphatic heterocycles. The van der Waals surface area contributed by atoms with Crippen molar-refractivity contribution in [3.63, 3.8) is 0 Å². The van der Waals surface area contributed by atoms with Crippen LogP contribution in [0.3, 0.4) is 0 Å². The van der Waals surface area contributed by atoms with Gasteiger partial charge in [0.2, 0.25) is 0 Å². The van der Waals surface area contributed by atoms with Gasteiger partial charge in [-0.15, -0.1) is 0 Å². The summed E-state index contributed by atoms with van der Waals surface area (Å²) >= 11 is 0. The van der Waals surface area contributed by atoms with Gasteiger partial charge in [0, 0.05) is 41.8 Å². The van der Waals surface area contributed by atoms with Crippen molar-refractivity contribution < 1.29 is 6.11 Å². The minimum absolute atomic E-state index is 0.00305. The van der Waals surface area contributed by atoms with Crippen molar-refractivity contribution in [2.24, 2.45) is 0 Å². The number of aromatic nitrogens is 2. The lowest BCUT2D eigenvalue weighted by Crippen LogP contribution is -2.25. The average molecular weight is 843 g/mol. The number of fused-ring (bicyclic) bond motifs is 4. The molecule has 0 saturated heterocycles. The van der Waals surface area contributed by atoms with Crippen LogP contribution in [0.5, 0.6) is 11.5 Å². The summed E-state index contributed by atoms with van der Waals surface area (Å²) in [6.45, 7) is 24.8. The number of pyridine rings is 1. The third kappa shape index (κ3) is 7.89. The van der Waals surface area contributed by atoms with E-state index < -0.39 is 5.89 Å². The van der Waals surface area contributed by atoms with Gasteiger partial charge in [-0.3, -0.25) is 4.57 Å². The number of benzene rings is 6. The molecule has 0 aliphatic carbocycles. The van der Waals surface area contributed by atoms with E-state index in [0.717, 1.165) is 61.4 Å². The molecular weight excluding hydrogens is 783 g/mol. The van der Waals surface area contributed by atoms with E-state index in [1.165, 1.54) is 28.1 Å². The van der Waals surface area contributed by atoms with Gasteiger partial charge in [-0.2, -0.15) is 5.26 Å². The van der Waals surface area contributed by atoms with Crippen LogP contribution in [0.2, 0.25) is 0 Å². The Balaban J connectivity index is 1.12. The third-order valence-electron chi connectivity index (χ3n) is 12.6. The van der Waals surface area contributed by atoms with E-state index in [0.29, 0.717) is 18.0 Å². The van der Waals surface area contributed by atoms with Crippen molar-refractivity contribution in [2.45, 2.75) is 98.3 Å². The Bertz CT molecular complexity index is 3150. The van der Waals surface area contributed by atoms with Gasteiger partial charge in [-0.05, 0) is 140 Å². The molecule has 0 amide bonds. The highest BCUT2D eigenvalue weighted by atomic mass is 16.5. The molecule has 2 aromatic heterocycles. The molecule has 0 bridgehead atoms. The summed E-state index contributed by atoms with van der Waals surface area (Å²) in [5.41, 5.74) is 13.6. The molecule has 0 atom stereocenters. The number of rotatable bonds is 7. The maximum atomic E-state index is 9.86. The van der Waals surface area contributed by atoms with Gasteiger partial charge in [0.05, 0.1) is 34.0 Å². The minimum atomic E-state index is -0.862. The molecule has 6 heteroatoms. The van der Waals surface area contributed by atoms with Crippen LogP contribution in [-0.4, -0.2) is 16.2 Å². The summed E-state index contributed by atoms with van der Waals surface area (Å²) in [5.74, 6) is 1.41. The third-order valence-corrected chi connectivity index (χ3v) is 12.6. The molecule has 0 unspecified atom stereocenters. The highest BCUT2D eigenvalue weighted by Crippen LogP contribution is 2.47. The second-order valence-electron chi connectivity index (χ2n) is 20.6. The van der Waals surface area contributed by atoms with Gasteiger partial charge in [-0.25, -0.2) is 4.98 Å². The number of nitrogens with zero attached hydrogens (tertiary/aromatic N) is 5. The van der Waals surface area contributed by atoms with Crippen LogP contribution in [0.15, 0.2) is 140 Å². The van der Waals surface area contributed by atoms with Gasteiger partial charge in [0.15, 0.2) is 0 Å². The number of hydrogen-bond donors (Lipinski definition) is 0. The summed E-state index contributed by atoms with van der Waals surface area (Å²) in [6, 6.07) is 49.1. The SMILES string of the molecule is [2H]C(C)(C)c1ccc(C#N)cc1-c1ccc2c(c1)c1ccc(Oc3cccc(N4CN(c5cc(C(C)(C)C)cc(C(C)(C)C)c5)c5ccccc54)c3)cc1n2-c1cc(C(C)(C)C)ccn1. The minimum Gasteiger partial charge on any atom is -0.457 e. The smallest absolute Gasteiger partial charge is 0.137 e. The summed E-state index contributed by atoms with van der Waals surface area (Å²) in [4.78, 5) is 9.75. The Morgan fingerprint density at radius 3 is 1.94 bits per heavy atom. The van der Waals surface area contributed by atoms with Crippen LogP contribution in [0, 0.1) is 11.3 Å². The molecule has 322 valence electrons. The molecule has 0 saturated carbocycles. The van der Waals surface area contributed by atoms with Crippen LogP contribution in [0.4, 0.5) is 22.7 Å². The van der Waals surface area contributed by atoms with E-state index in [2.05, 4.69) is 186 Å². The fourth-order valence-corrected chi connectivity index (χ4v) is 8.91. The highest BCUT2D eigenvalue weighted by molar-refractivity contribution is 6.11. The fraction of sp³-hybridized carbons (Fsp3) is 0.276. The lowest BCUT2D eigenvalue weighted by molar-refractivity contribution is 0.483. The first-order valence-corrected chi connectivity index (χ1v) is 22.4. The zero-order chi connectivity index (χ0) is 46.2. The first kappa shape index (κ1) is 41.2. The van der Waals surface area contributed by atoms with E-state index in [1.54, 1.807) is 6.07 Å². The van der Waals surface area contributed by atoms with E-state index in [9.17, 15) is 5.26 Å². The van der Waals surface area contributed by atoms with Crippen molar-refractivity contribution >= 4 is 44.6 Å².